The van der Waals surface area contributed by atoms with Crippen molar-refractivity contribution < 1.29 is 8.42 Å². The first kappa shape index (κ1) is 20.3. The molecule has 0 aliphatic heterocycles. The van der Waals surface area contributed by atoms with Gasteiger partial charge in [-0.1, -0.05) is 55.8 Å². The fraction of sp³-hybridized carbons (Fsp3) is 0.217. The number of fused-ring (bicyclic) bond motifs is 2. The van der Waals surface area contributed by atoms with Crippen LogP contribution in [0.5, 0.6) is 0 Å². The molecule has 1 N–H and O–H groups in total. The van der Waals surface area contributed by atoms with Gasteiger partial charge in [-0.3, -0.25) is 4.79 Å². The van der Waals surface area contributed by atoms with Gasteiger partial charge in [-0.15, -0.1) is 0 Å². The molecule has 0 aliphatic carbocycles. The van der Waals surface area contributed by atoms with Crippen molar-refractivity contribution >= 4 is 31.7 Å². The number of rotatable bonds is 7. The lowest BCUT2D eigenvalue weighted by atomic mass is 10.1. The van der Waals surface area contributed by atoms with E-state index < -0.39 is 10.0 Å². The van der Waals surface area contributed by atoms with Crippen LogP contribution in [0.2, 0.25) is 0 Å². The SMILES string of the molecule is CCCCN(Cc1nc2ccccc2c(=O)[nH]1)S(=O)(=O)c1ccc2ccccc2c1. The van der Waals surface area contributed by atoms with Crippen LogP contribution in [0.15, 0.2) is 76.4 Å². The topological polar surface area (TPSA) is 83.1 Å². The molecule has 154 valence electrons. The molecule has 0 unspecified atom stereocenters. The molecule has 4 rings (SSSR count). The summed E-state index contributed by atoms with van der Waals surface area (Å²) in [5.41, 5.74) is 0.281. The minimum Gasteiger partial charge on any atom is -0.309 e. The Hall–Kier alpha value is -3.03. The summed E-state index contributed by atoms with van der Waals surface area (Å²) in [6.07, 6.45) is 1.57. The predicted octanol–water partition coefficient (Wildman–Crippen LogP) is 4.07. The third kappa shape index (κ3) is 3.99. The van der Waals surface area contributed by atoms with Crippen LogP contribution in [-0.4, -0.2) is 29.2 Å². The van der Waals surface area contributed by atoms with Gasteiger partial charge in [0.2, 0.25) is 10.0 Å². The van der Waals surface area contributed by atoms with Crippen LogP contribution < -0.4 is 5.56 Å². The lowest BCUT2D eigenvalue weighted by Gasteiger charge is -2.22. The van der Waals surface area contributed by atoms with E-state index in [-0.39, 0.29) is 17.0 Å². The minimum atomic E-state index is -3.76. The molecule has 0 aliphatic rings. The normalized spacial score (nSPS) is 12.1. The molecule has 0 radical (unpaired) electrons. The zero-order chi connectivity index (χ0) is 21.1. The zero-order valence-corrected chi connectivity index (χ0v) is 17.5. The number of para-hydroxylation sites is 1. The monoisotopic (exact) mass is 421 g/mol. The number of hydrogen-bond donors (Lipinski definition) is 1. The van der Waals surface area contributed by atoms with E-state index in [0.29, 0.717) is 29.7 Å². The van der Waals surface area contributed by atoms with Crippen LogP contribution in [0.1, 0.15) is 25.6 Å². The fourth-order valence-electron chi connectivity index (χ4n) is 3.47. The molecule has 0 amide bonds. The Kier molecular flexibility index (Phi) is 5.65. The third-order valence-electron chi connectivity index (χ3n) is 5.11. The van der Waals surface area contributed by atoms with Crippen molar-refractivity contribution in [3.8, 4) is 0 Å². The van der Waals surface area contributed by atoms with E-state index in [1.165, 1.54) is 4.31 Å². The van der Waals surface area contributed by atoms with Gasteiger partial charge >= 0.3 is 0 Å². The summed E-state index contributed by atoms with van der Waals surface area (Å²) < 4.78 is 28.3. The van der Waals surface area contributed by atoms with Gasteiger partial charge < -0.3 is 4.98 Å². The molecule has 4 aromatic rings. The van der Waals surface area contributed by atoms with Gasteiger partial charge in [0.1, 0.15) is 5.82 Å². The molecule has 7 heteroatoms. The summed E-state index contributed by atoms with van der Waals surface area (Å²) in [6, 6.07) is 19.8. The maximum atomic E-state index is 13.4. The summed E-state index contributed by atoms with van der Waals surface area (Å²) >= 11 is 0. The van der Waals surface area contributed by atoms with Crippen LogP contribution >= 0.6 is 0 Å². The summed E-state index contributed by atoms with van der Waals surface area (Å²) in [5.74, 6) is 0.333. The second-order valence-electron chi connectivity index (χ2n) is 7.23. The number of sulfonamides is 1. The number of nitrogens with one attached hydrogen (secondary N) is 1. The second kappa shape index (κ2) is 8.38. The molecule has 0 fully saturated rings. The van der Waals surface area contributed by atoms with Crippen molar-refractivity contribution in [2.24, 2.45) is 0 Å². The average molecular weight is 422 g/mol. The number of aromatic amines is 1. The molecule has 0 bridgehead atoms. The number of benzene rings is 3. The smallest absolute Gasteiger partial charge is 0.258 e. The molecular formula is C23H23N3O3S. The van der Waals surface area contributed by atoms with E-state index in [1.807, 2.05) is 37.3 Å². The lowest BCUT2D eigenvalue weighted by Crippen LogP contribution is -2.33. The first-order valence-corrected chi connectivity index (χ1v) is 11.4. The maximum absolute atomic E-state index is 13.4. The number of nitrogens with zero attached hydrogens (tertiary/aromatic N) is 2. The van der Waals surface area contributed by atoms with Crippen LogP contribution in [0.4, 0.5) is 0 Å². The molecule has 1 aromatic heterocycles. The fourth-order valence-corrected chi connectivity index (χ4v) is 4.95. The van der Waals surface area contributed by atoms with Crippen LogP contribution in [0.25, 0.3) is 21.7 Å². The highest BCUT2D eigenvalue weighted by molar-refractivity contribution is 7.89. The highest BCUT2D eigenvalue weighted by Gasteiger charge is 2.25. The summed E-state index contributed by atoms with van der Waals surface area (Å²) in [6.45, 7) is 2.37. The number of H-pyrrole nitrogens is 1. The van der Waals surface area contributed by atoms with E-state index in [0.717, 1.165) is 17.2 Å². The van der Waals surface area contributed by atoms with E-state index in [9.17, 15) is 13.2 Å². The largest absolute Gasteiger partial charge is 0.309 e. The number of hydrogen-bond acceptors (Lipinski definition) is 4. The first-order valence-electron chi connectivity index (χ1n) is 9.96. The summed E-state index contributed by atoms with van der Waals surface area (Å²) in [7, 11) is -3.76. The van der Waals surface area contributed by atoms with Gasteiger partial charge in [0, 0.05) is 6.54 Å². The molecule has 3 aromatic carbocycles. The maximum Gasteiger partial charge on any atom is 0.258 e. The van der Waals surface area contributed by atoms with Crippen LogP contribution in [-0.2, 0) is 16.6 Å². The summed E-state index contributed by atoms with van der Waals surface area (Å²) in [5, 5.41) is 2.34. The standard InChI is InChI=1S/C23H23N3O3S/c1-2-3-14-26(16-22-24-21-11-7-6-10-20(21)23(27)25-22)30(28,29)19-13-12-17-8-4-5-9-18(17)15-19/h4-13,15H,2-3,14,16H2,1H3,(H,24,25,27). The summed E-state index contributed by atoms with van der Waals surface area (Å²) in [4.78, 5) is 19.9. The molecule has 30 heavy (non-hydrogen) atoms. The van der Waals surface area contributed by atoms with Crippen molar-refractivity contribution in [3.05, 3.63) is 82.9 Å². The second-order valence-corrected chi connectivity index (χ2v) is 9.17. The van der Waals surface area contributed by atoms with Crippen LogP contribution in [0, 0.1) is 0 Å². The molecule has 0 saturated carbocycles. The molecular weight excluding hydrogens is 398 g/mol. The molecule has 0 spiro atoms. The van der Waals surface area contributed by atoms with Gasteiger partial charge in [-0.25, -0.2) is 13.4 Å². The Balaban J connectivity index is 1.73. The highest BCUT2D eigenvalue weighted by Crippen LogP contribution is 2.23. The highest BCUT2D eigenvalue weighted by atomic mass is 32.2. The Labute approximate surface area is 175 Å². The van der Waals surface area contributed by atoms with Crippen molar-refractivity contribution in [1.82, 2.24) is 14.3 Å². The van der Waals surface area contributed by atoms with Crippen molar-refractivity contribution in [2.45, 2.75) is 31.2 Å². The number of unbranched alkanes of at least 4 members (excludes halogenated alkanes) is 1. The quantitative estimate of drug-likeness (QED) is 0.488. The number of aromatic nitrogens is 2. The minimum absolute atomic E-state index is 0.00916. The van der Waals surface area contributed by atoms with Gasteiger partial charge in [-0.2, -0.15) is 4.31 Å². The lowest BCUT2D eigenvalue weighted by molar-refractivity contribution is 0.389. The Morgan fingerprint density at radius 1 is 0.967 bits per heavy atom. The zero-order valence-electron chi connectivity index (χ0n) is 16.7. The van der Waals surface area contributed by atoms with E-state index in [2.05, 4.69) is 9.97 Å². The molecule has 0 atom stereocenters. The van der Waals surface area contributed by atoms with Gasteiger partial charge in [0.25, 0.3) is 5.56 Å². The van der Waals surface area contributed by atoms with Crippen LogP contribution in [0.3, 0.4) is 0 Å². The molecule has 1 heterocycles. The van der Waals surface area contributed by atoms with Crippen molar-refractivity contribution in [2.75, 3.05) is 6.54 Å². The molecule has 0 saturated heterocycles. The van der Waals surface area contributed by atoms with Gasteiger partial charge in [0.05, 0.1) is 22.3 Å². The van der Waals surface area contributed by atoms with E-state index in [4.69, 9.17) is 0 Å². The molecule has 6 nitrogen and oxygen atoms in total. The van der Waals surface area contributed by atoms with E-state index in [1.54, 1.807) is 36.4 Å². The van der Waals surface area contributed by atoms with Crippen molar-refractivity contribution in [3.63, 3.8) is 0 Å². The first-order chi connectivity index (χ1) is 14.5. The van der Waals surface area contributed by atoms with Gasteiger partial charge in [-0.05, 0) is 41.5 Å². The Morgan fingerprint density at radius 3 is 2.50 bits per heavy atom. The van der Waals surface area contributed by atoms with E-state index >= 15 is 0 Å². The van der Waals surface area contributed by atoms with Crippen molar-refractivity contribution in [1.29, 1.82) is 0 Å². The average Bonchev–Trinajstić information content (AvgIpc) is 2.76. The Bertz CT molecular complexity index is 1360. The predicted molar refractivity (Wildman–Crippen MR) is 119 cm³/mol. The Morgan fingerprint density at radius 2 is 1.70 bits per heavy atom. The van der Waals surface area contributed by atoms with Gasteiger partial charge in [0.15, 0.2) is 0 Å². The third-order valence-corrected chi connectivity index (χ3v) is 6.95.